The monoisotopic (exact) mass is 287 g/mol. The summed E-state index contributed by atoms with van der Waals surface area (Å²) in [5.74, 6) is 0.611. The van der Waals surface area contributed by atoms with Crippen molar-refractivity contribution in [3.63, 3.8) is 0 Å². The summed E-state index contributed by atoms with van der Waals surface area (Å²) in [5, 5.41) is 3.40. The zero-order chi connectivity index (χ0) is 15.2. The number of aryl methyl sites for hydroxylation is 1. The summed E-state index contributed by atoms with van der Waals surface area (Å²) in [7, 11) is 0. The van der Waals surface area contributed by atoms with E-state index in [4.69, 9.17) is 4.74 Å². The van der Waals surface area contributed by atoms with Crippen LogP contribution in [0.15, 0.2) is 42.5 Å². The van der Waals surface area contributed by atoms with Gasteiger partial charge < -0.3 is 10.1 Å². The Balaban J connectivity index is 2.08. The van der Waals surface area contributed by atoms with Gasteiger partial charge in [-0.15, -0.1) is 0 Å². The highest BCUT2D eigenvalue weighted by atomic mass is 19.1. The SMILES string of the molecule is Cc1ccc(OCc2cccc(F)c2)c(CNC(C)C)c1. The number of nitrogens with one attached hydrogen (secondary N) is 1. The maximum atomic E-state index is 13.2. The van der Waals surface area contributed by atoms with Gasteiger partial charge in [-0.3, -0.25) is 0 Å². The minimum atomic E-state index is -0.235. The second-order valence-electron chi connectivity index (χ2n) is 5.57. The van der Waals surface area contributed by atoms with Crippen LogP contribution in [0.3, 0.4) is 0 Å². The molecule has 0 radical (unpaired) electrons. The minimum Gasteiger partial charge on any atom is -0.489 e. The minimum absolute atomic E-state index is 0.235. The van der Waals surface area contributed by atoms with Crippen LogP contribution in [0, 0.1) is 12.7 Å². The third-order valence-electron chi connectivity index (χ3n) is 3.20. The van der Waals surface area contributed by atoms with E-state index in [0.717, 1.165) is 23.4 Å². The van der Waals surface area contributed by atoms with Crippen molar-refractivity contribution in [2.45, 2.75) is 40.0 Å². The van der Waals surface area contributed by atoms with E-state index in [1.807, 2.05) is 18.2 Å². The van der Waals surface area contributed by atoms with Crippen molar-refractivity contribution >= 4 is 0 Å². The largest absolute Gasteiger partial charge is 0.489 e. The fourth-order valence-corrected chi connectivity index (χ4v) is 2.09. The molecule has 2 aromatic carbocycles. The highest BCUT2D eigenvalue weighted by Gasteiger charge is 2.06. The molecule has 2 rings (SSSR count). The van der Waals surface area contributed by atoms with Gasteiger partial charge in [-0.05, 0) is 30.7 Å². The van der Waals surface area contributed by atoms with E-state index in [0.29, 0.717) is 12.6 Å². The lowest BCUT2D eigenvalue weighted by atomic mass is 10.1. The lowest BCUT2D eigenvalue weighted by Crippen LogP contribution is -2.22. The topological polar surface area (TPSA) is 21.3 Å². The van der Waals surface area contributed by atoms with Gasteiger partial charge >= 0.3 is 0 Å². The van der Waals surface area contributed by atoms with Crippen LogP contribution in [0.2, 0.25) is 0 Å². The van der Waals surface area contributed by atoms with Gasteiger partial charge in [0.1, 0.15) is 18.2 Å². The molecule has 2 nitrogen and oxygen atoms in total. The molecule has 0 atom stereocenters. The van der Waals surface area contributed by atoms with Gasteiger partial charge in [0, 0.05) is 18.2 Å². The zero-order valence-corrected chi connectivity index (χ0v) is 12.8. The fourth-order valence-electron chi connectivity index (χ4n) is 2.09. The van der Waals surface area contributed by atoms with Crippen molar-refractivity contribution in [1.29, 1.82) is 0 Å². The number of hydrogen-bond acceptors (Lipinski definition) is 2. The van der Waals surface area contributed by atoms with Crippen LogP contribution in [0.25, 0.3) is 0 Å². The van der Waals surface area contributed by atoms with Crippen molar-refractivity contribution < 1.29 is 9.13 Å². The van der Waals surface area contributed by atoms with Crippen LogP contribution in [0.1, 0.15) is 30.5 Å². The second kappa shape index (κ2) is 7.23. The lowest BCUT2D eigenvalue weighted by Gasteiger charge is -2.14. The molecule has 0 aromatic heterocycles. The van der Waals surface area contributed by atoms with Gasteiger partial charge in [0.25, 0.3) is 0 Å². The Morgan fingerprint density at radius 1 is 1.14 bits per heavy atom. The maximum Gasteiger partial charge on any atom is 0.124 e. The van der Waals surface area contributed by atoms with Crippen LogP contribution in [0.5, 0.6) is 5.75 Å². The standard InChI is InChI=1S/C18H22FNO/c1-13(2)20-11-16-9-14(3)7-8-18(16)21-12-15-5-4-6-17(19)10-15/h4-10,13,20H,11-12H2,1-3H3. The second-order valence-corrected chi connectivity index (χ2v) is 5.57. The Kier molecular flexibility index (Phi) is 5.34. The molecule has 1 N–H and O–H groups in total. The van der Waals surface area contributed by atoms with Gasteiger partial charge in [0.2, 0.25) is 0 Å². The van der Waals surface area contributed by atoms with Crippen molar-refractivity contribution in [1.82, 2.24) is 5.32 Å². The molecule has 0 fully saturated rings. The fraction of sp³-hybridized carbons (Fsp3) is 0.333. The first-order valence-electron chi connectivity index (χ1n) is 7.25. The van der Waals surface area contributed by atoms with Crippen molar-refractivity contribution in [3.8, 4) is 5.75 Å². The maximum absolute atomic E-state index is 13.2. The molecule has 0 aliphatic heterocycles. The third kappa shape index (κ3) is 4.87. The molecule has 0 heterocycles. The zero-order valence-electron chi connectivity index (χ0n) is 12.8. The summed E-state index contributed by atoms with van der Waals surface area (Å²) in [6.07, 6.45) is 0. The summed E-state index contributed by atoms with van der Waals surface area (Å²) < 4.78 is 19.0. The quantitative estimate of drug-likeness (QED) is 0.859. The molecule has 112 valence electrons. The molecule has 0 aliphatic rings. The molecular weight excluding hydrogens is 265 g/mol. The van der Waals surface area contributed by atoms with E-state index < -0.39 is 0 Å². The molecule has 0 unspecified atom stereocenters. The van der Waals surface area contributed by atoms with E-state index in [1.165, 1.54) is 17.7 Å². The summed E-state index contributed by atoms with van der Waals surface area (Å²) in [6, 6.07) is 13.0. The molecule has 0 saturated carbocycles. The van der Waals surface area contributed by atoms with Crippen LogP contribution in [0.4, 0.5) is 4.39 Å². The van der Waals surface area contributed by atoms with E-state index in [1.54, 1.807) is 6.07 Å². The van der Waals surface area contributed by atoms with Crippen LogP contribution in [-0.4, -0.2) is 6.04 Å². The Bertz CT molecular complexity index is 596. The molecule has 2 aromatic rings. The van der Waals surface area contributed by atoms with Crippen LogP contribution < -0.4 is 10.1 Å². The molecule has 0 aliphatic carbocycles. The van der Waals surface area contributed by atoms with Crippen molar-refractivity contribution in [2.75, 3.05) is 0 Å². The third-order valence-corrected chi connectivity index (χ3v) is 3.20. The summed E-state index contributed by atoms with van der Waals surface area (Å²) >= 11 is 0. The Labute approximate surface area is 126 Å². The Morgan fingerprint density at radius 3 is 2.67 bits per heavy atom. The van der Waals surface area contributed by atoms with E-state index >= 15 is 0 Å². The Morgan fingerprint density at radius 2 is 1.95 bits per heavy atom. The molecule has 0 saturated heterocycles. The lowest BCUT2D eigenvalue weighted by molar-refractivity contribution is 0.301. The van der Waals surface area contributed by atoms with E-state index in [2.05, 4.69) is 32.2 Å². The first-order chi connectivity index (χ1) is 10.0. The highest BCUT2D eigenvalue weighted by molar-refractivity contribution is 5.37. The molecule has 0 bridgehead atoms. The van der Waals surface area contributed by atoms with Crippen molar-refractivity contribution in [2.24, 2.45) is 0 Å². The predicted octanol–water partition coefficient (Wildman–Crippen LogP) is 4.21. The molecule has 21 heavy (non-hydrogen) atoms. The van der Waals surface area contributed by atoms with E-state index in [9.17, 15) is 4.39 Å². The average Bonchev–Trinajstić information content (AvgIpc) is 2.44. The summed E-state index contributed by atoms with van der Waals surface area (Å²) in [5.41, 5.74) is 3.16. The van der Waals surface area contributed by atoms with Gasteiger partial charge in [-0.2, -0.15) is 0 Å². The van der Waals surface area contributed by atoms with Crippen molar-refractivity contribution in [3.05, 3.63) is 65.0 Å². The van der Waals surface area contributed by atoms with Gasteiger partial charge in [0.15, 0.2) is 0 Å². The van der Waals surface area contributed by atoms with Crippen LogP contribution in [-0.2, 0) is 13.2 Å². The normalized spacial score (nSPS) is 10.9. The Hall–Kier alpha value is -1.87. The first kappa shape index (κ1) is 15.5. The highest BCUT2D eigenvalue weighted by Crippen LogP contribution is 2.21. The molecule has 3 heteroatoms. The first-order valence-corrected chi connectivity index (χ1v) is 7.25. The predicted molar refractivity (Wildman–Crippen MR) is 83.9 cm³/mol. The van der Waals surface area contributed by atoms with Gasteiger partial charge in [0.05, 0.1) is 0 Å². The van der Waals surface area contributed by atoms with Crippen LogP contribution >= 0.6 is 0 Å². The number of hydrogen-bond donors (Lipinski definition) is 1. The number of rotatable bonds is 6. The summed E-state index contributed by atoms with van der Waals surface area (Å²) in [4.78, 5) is 0. The molecule has 0 amide bonds. The average molecular weight is 287 g/mol. The number of halogens is 1. The van der Waals surface area contributed by atoms with Gasteiger partial charge in [-0.1, -0.05) is 43.7 Å². The number of benzene rings is 2. The van der Waals surface area contributed by atoms with Gasteiger partial charge in [-0.25, -0.2) is 4.39 Å². The van der Waals surface area contributed by atoms with E-state index in [-0.39, 0.29) is 5.82 Å². The smallest absolute Gasteiger partial charge is 0.124 e. The number of ether oxygens (including phenoxy) is 1. The molecular formula is C18H22FNO. The summed E-state index contributed by atoms with van der Waals surface area (Å²) in [6.45, 7) is 7.43. The molecule has 0 spiro atoms.